The second-order valence-electron chi connectivity index (χ2n) is 6.36. The summed E-state index contributed by atoms with van der Waals surface area (Å²) in [6.45, 7) is 3.47. The van der Waals surface area contributed by atoms with Crippen molar-refractivity contribution < 1.29 is 9.69 Å². The van der Waals surface area contributed by atoms with E-state index in [9.17, 15) is 4.79 Å². The van der Waals surface area contributed by atoms with Crippen molar-refractivity contribution in [3.63, 3.8) is 0 Å². The molecular weight excluding hydrogens is 354 g/mol. The zero-order chi connectivity index (χ0) is 18.0. The molecule has 0 aliphatic heterocycles. The third kappa shape index (κ3) is 4.00. The molecule has 0 saturated heterocycles. The number of hydrogen-bond donors (Lipinski definition) is 1. The minimum atomic E-state index is -0.109. The van der Waals surface area contributed by atoms with Crippen LogP contribution in [0.3, 0.4) is 0 Å². The number of nitrogens with one attached hydrogen (secondary N) is 1. The normalized spacial score (nSPS) is 11.2. The van der Waals surface area contributed by atoms with Crippen LogP contribution in [0.1, 0.15) is 15.9 Å². The maximum Gasteiger partial charge on any atom is 0.261 e. The second kappa shape index (κ2) is 7.52. The number of thiazole rings is 1. The summed E-state index contributed by atoms with van der Waals surface area (Å²) in [6, 6.07) is 13.3. The third-order valence-corrected chi connectivity index (χ3v) is 5.32. The molecule has 3 rings (SSSR count). The van der Waals surface area contributed by atoms with Crippen molar-refractivity contribution in [2.24, 2.45) is 0 Å². The quantitative estimate of drug-likeness (QED) is 0.745. The summed E-state index contributed by atoms with van der Waals surface area (Å²) in [5.41, 5.74) is 2.61. The minimum Gasteiger partial charge on any atom is -0.338 e. The van der Waals surface area contributed by atoms with Crippen LogP contribution in [-0.4, -0.2) is 38.1 Å². The Kier molecular flexibility index (Phi) is 5.37. The second-order valence-corrected chi connectivity index (χ2v) is 7.78. The van der Waals surface area contributed by atoms with Crippen molar-refractivity contribution in [2.75, 3.05) is 32.1 Å². The van der Waals surface area contributed by atoms with Gasteiger partial charge in [0.1, 0.15) is 0 Å². The van der Waals surface area contributed by atoms with E-state index < -0.39 is 0 Å². The number of nitrogens with zero attached hydrogens (tertiary/aromatic N) is 2. The van der Waals surface area contributed by atoms with Gasteiger partial charge in [0, 0.05) is 0 Å². The van der Waals surface area contributed by atoms with Gasteiger partial charge >= 0.3 is 0 Å². The van der Waals surface area contributed by atoms with Gasteiger partial charge in [0.25, 0.3) is 5.91 Å². The van der Waals surface area contributed by atoms with E-state index in [1.54, 1.807) is 28.4 Å². The summed E-state index contributed by atoms with van der Waals surface area (Å²) in [4.78, 5) is 20.8. The van der Waals surface area contributed by atoms with E-state index in [-0.39, 0.29) is 5.91 Å². The number of aromatic nitrogens is 1. The Labute approximate surface area is 156 Å². The third-order valence-electron chi connectivity index (χ3n) is 3.95. The fraction of sp³-hybridized carbons (Fsp3) is 0.263. The lowest BCUT2D eigenvalue weighted by Gasteiger charge is -2.21. The fourth-order valence-electron chi connectivity index (χ4n) is 2.53. The van der Waals surface area contributed by atoms with Crippen molar-refractivity contribution in [3.8, 4) is 0 Å². The number of aryl methyl sites for hydroxylation is 1. The molecule has 6 heteroatoms. The molecule has 25 heavy (non-hydrogen) atoms. The predicted octanol–water partition coefficient (Wildman–Crippen LogP) is 3.05. The van der Waals surface area contributed by atoms with Gasteiger partial charge in [-0.05, 0) is 36.8 Å². The van der Waals surface area contributed by atoms with Crippen LogP contribution in [0.15, 0.2) is 42.5 Å². The number of hydrogen-bond acceptors (Lipinski definition) is 3. The zero-order valence-electron chi connectivity index (χ0n) is 14.5. The van der Waals surface area contributed by atoms with Crippen molar-refractivity contribution in [2.45, 2.75) is 6.92 Å². The molecule has 2 aromatic carbocycles. The number of fused-ring (bicyclic) bond motifs is 1. The van der Waals surface area contributed by atoms with E-state index in [1.165, 1.54) is 10.5 Å². The lowest BCUT2D eigenvalue weighted by atomic mass is 10.2. The molecule has 1 N–H and O–H groups in total. The first kappa shape index (κ1) is 17.9. The number of carbonyl (C=O) groups is 1. The molecule has 0 fully saturated rings. The molecule has 0 unspecified atom stereocenters. The van der Waals surface area contributed by atoms with Gasteiger partial charge < -0.3 is 4.90 Å². The number of rotatable bonds is 5. The molecule has 1 aromatic heterocycles. The maximum atomic E-state index is 13.1. The van der Waals surface area contributed by atoms with Crippen LogP contribution < -0.4 is 9.80 Å². The van der Waals surface area contributed by atoms with Crippen molar-refractivity contribution in [1.82, 2.24) is 4.98 Å². The van der Waals surface area contributed by atoms with E-state index >= 15 is 0 Å². The predicted molar refractivity (Wildman–Crippen MR) is 105 cm³/mol. The first-order valence-electron chi connectivity index (χ1n) is 8.18. The maximum absolute atomic E-state index is 13.1. The van der Waals surface area contributed by atoms with Crippen LogP contribution >= 0.6 is 22.9 Å². The first-order chi connectivity index (χ1) is 12.0. The van der Waals surface area contributed by atoms with Crippen molar-refractivity contribution >= 4 is 44.2 Å². The van der Waals surface area contributed by atoms with Gasteiger partial charge in [0.05, 0.1) is 48.0 Å². The smallest absolute Gasteiger partial charge is 0.261 e. The summed E-state index contributed by atoms with van der Waals surface area (Å²) in [5, 5.41) is 1.18. The largest absolute Gasteiger partial charge is 0.338 e. The molecule has 0 aliphatic rings. The molecule has 130 valence electrons. The van der Waals surface area contributed by atoms with Gasteiger partial charge in [0.15, 0.2) is 5.13 Å². The summed E-state index contributed by atoms with van der Waals surface area (Å²) < 4.78 is 1.09. The molecule has 0 atom stereocenters. The highest BCUT2D eigenvalue weighted by Crippen LogP contribution is 2.31. The van der Waals surface area contributed by atoms with Crippen LogP contribution in [0.25, 0.3) is 10.2 Å². The lowest BCUT2D eigenvalue weighted by Crippen LogP contribution is -3.06. The molecule has 0 bridgehead atoms. The zero-order valence-corrected chi connectivity index (χ0v) is 16.1. The molecule has 1 amide bonds. The average molecular weight is 375 g/mol. The van der Waals surface area contributed by atoms with Gasteiger partial charge in [-0.25, -0.2) is 4.98 Å². The Hall–Kier alpha value is -1.95. The molecule has 0 aliphatic carbocycles. The Morgan fingerprint density at radius 3 is 2.72 bits per heavy atom. The highest BCUT2D eigenvalue weighted by molar-refractivity contribution is 7.22. The highest BCUT2D eigenvalue weighted by Gasteiger charge is 2.23. The fourth-order valence-corrected chi connectivity index (χ4v) is 3.84. The number of amides is 1. The van der Waals surface area contributed by atoms with E-state index in [0.29, 0.717) is 22.3 Å². The highest BCUT2D eigenvalue weighted by atomic mass is 35.5. The molecule has 3 aromatic rings. The van der Waals surface area contributed by atoms with Crippen LogP contribution in [-0.2, 0) is 0 Å². The topological polar surface area (TPSA) is 37.6 Å². The number of likely N-dealkylation sites (N-methyl/N-ethyl adjacent to an activating group) is 1. The van der Waals surface area contributed by atoms with Crippen LogP contribution in [0.4, 0.5) is 5.13 Å². The molecule has 0 radical (unpaired) electrons. The molecular formula is C19H21ClN3OS+. The number of halogens is 1. The van der Waals surface area contributed by atoms with Crippen LogP contribution in [0.5, 0.6) is 0 Å². The minimum absolute atomic E-state index is 0.109. The summed E-state index contributed by atoms with van der Waals surface area (Å²) in [5.74, 6) is -0.109. The monoisotopic (exact) mass is 374 g/mol. The molecule has 0 saturated carbocycles. The number of quaternary nitrogens is 1. The van der Waals surface area contributed by atoms with Crippen LogP contribution in [0, 0.1) is 6.92 Å². The van der Waals surface area contributed by atoms with Gasteiger partial charge in [-0.3, -0.25) is 9.69 Å². The summed E-state index contributed by atoms with van der Waals surface area (Å²) >= 11 is 7.78. The first-order valence-corrected chi connectivity index (χ1v) is 9.38. The van der Waals surface area contributed by atoms with Gasteiger partial charge in [0.2, 0.25) is 0 Å². The number of carbonyl (C=O) groups excluding carboxylic acids is 1. The Balaban J connectivity index is 2.01. The molecule has 0 spiro atoms. The van der Waals surface area contributed by atoms with E-state index in [2.05, 4.69) is 32.1 Å². The van der Waals surface area contributed by atoms with Gasteiger partial charge in [-0.15, -0.1) is 0 Å². The number of benzene rings is 2. The molecule has 4 nitrogen and oxygen atoms in total. The van der Waals surface area contributed by atoms with Crippen LogP contribution in [0.2, 0.25) is 5.02 Å². The van der Waals surface area contributed by atoms with Gasteiger partial charge in [-0.1, -0.05) is 41.1 Å². The Bertz CT molecular complexity index is 907. The van der Waals surface area contributed by atoms with E-state index in [4.69, 9.17) is 11.6 Å². The lowest BCUT2D eigenvalue weighted by molar-refractivity contribution is -0.856. The van der Waals surface area contributed by atoms with Crippen molar-refractivity contribution in [3.05, 3.63) is 58.6 Å². The van der Waals surface area contributed by atoms with Gasteiger partial charge in [-0.2, -0.15) is 0 Å². The molecule has 1 heterocycles. The number of anilines is 1. The average Bonchev–Trinajstić information content (AvgIpc) is 2.97. The Morgan fingerprint density at radius 2 is 2.00 bits per heavy atom. The standard InChI is InChI=1S/C19H20ClN3OS/c1-13-8-9-16-17(12-13)25-19(21-16)23(11-10-22(2)3)18(24)14-6-4-5-7-15(14)20/h4-9,12H,10-11H2,1-3H3/p+1. The van der Waals surface area contributed by atoms with E-state index in [1.807, 2.05) is 24.3 Å². The van der Waals surface area contributed by atoms with Crippen molar-refractivity contribution in [1.29, 1.82) is 0 Å². The SMILES string of the molecule is Cc1ccc2nc(N(CC[NH+](C)C)C(=O)c3ccccc3Cl)sc2c1. The Morgan fingerprint density at radius 1 is 1.24 bits per heavy atom. The van der Waals surface area contributed by atoms with E-state index in [0.717, 1.165) is 16.8 Å². The summed E-state index contributed by atoms with van der Waals surface area (Å²) in [7, 11) is 4.14. The summed E-state index contributed by atoms with van der Waals surface area (Å²) in [6.07, 6.45) is 0.